The number of fused-ring (bicyclic) bond motifs is 1. The van der Waals surface area contributed by atoms with Crippen molar-refractivity contribution >= 4 is 5.78 Å². The quantitative estimate of drug-likeness (QED) is 0.806. The Kier molecular flexibility index (Phi) is 3.26. The molecule has 1 aliphatic carbocycles. The van der Waals surface area contributed by atoms with Gasteiger partial charge in [-0.15, -0.1) is 0 Å². The molecule has 0 unspecified atom stereocenters. The number of aryl methyl sites for hydroxylation is 2. The van der Waals surface area contributed by atoms with Crippen molar-refractivity contribution in [1.82, 2.24) is 0 Å². The van der Waals surface area contributed by atoms with Crippen LogP contribution < -0.4 is 4.74 Å². The zero-order valence-electron chi connectivity index (χ0n) is 11.3. The Labute approximate surface area is 117 Å². The van der Waals surface area contributed by atoms with Crippen LogP contribution in [0.3, 0.4) is 0 Å². The highest BCUT2D eigenvalue weighted by atomic mass is 19.1. The van der Waals surface area contributed by atoms with E-state index in [-0.39, 0.29) is 17.3 Å². The molecule has 0 saturated carbocycles. The maximum Gasteiger partial charge on any atom is 0.165 e. The summed E-state index contributed by atoms with van der Waals surface area (Å²) in [4.78, 5) is 11.7. The molecule has 2 aromatic rings. The summed E-state index contributed by atoms with van der Waals surface area (Å²) in [5.74, 6) is 0.581. The van der Waals surface area contributed by atoms with Gasteiger partial charge in [0.05, 0.1) is 0 Å². The van der Waals surface area contributed by atoms with E-state index in [0.717, 1.165) is 29.5 Å². The molecule has 0 spiro atoms. The zero-order valence-corrected chi connectivity index (χ0v) is 11.3. The van der Waals surface area contributed by atoms with Crippen molar-refractivity contribution in [3.8, 4) is 11.5 Å². The Balaban J connectivity index is 1.90. The smallest absolute Gasteiger partial charge is 0.165 e. The number of hydrogen-bond donors (Lipinski definition) is 0. The molecule has 0 fully saturated rings. The number of hydrogen-bond acceptors (Lipinski definition) is 2. The van der Waals surface area contributed by atoms with E-state index in [2.05, 4.69) is 0 Å². The van der Waals surface area contributed by atoms with Gasteiger partial charge >= 0.3 is 0 Å². The minimum atomic E-state index is -0.376. The topological polar surface area (TPSA) is 26.3 Å². The van der Waals surface area contributed by atoms with E-state index in [1.165, 1.54) is 6.07 Å². The summed E-state index contributed by atoms with van der Waals surface area (Å²) >= 11 is 0. The Bertz CT molecular complexity index is 677. The highest BCUT2D eigenvalue weighted by molar-refractivity contribution is 5.98. The van der Waals surface area contributed by atoms with Gasteiger partial charge in [0.1, 0.15) is 5.75 Å². The summed E-state index contributed by atoms with van der Waals surface area (Å²) in [5, 5.41) is 0. The molecule has 0 bridgehead atoms. The minimum absolute atomic E-state index is 0.180. The lowest BCUT2D eigenvalue weighted by Gasteiger charge is -2.16. The molecule has 3 heteroatoms. The summed E-state index contributed by atoms with van der Waals surface area (Å²) in [6.07, 6.45) is 2.35. The van der Waals surface area contributed by atoms with Crippen LogP contribution in [0.1, 0.15) is 34.3 Å². The third-order valence-corrected chi connectivity index (χ3v) is 3.54. The Hall–Kier alpha value is -2.16. The van der Waals surface area contributed by atoms with Gasteiger partial charge in [-0.1, -0.05) is 6.07 Å². The molecule has 20 heavy (non-hydrogen) atoms. The van der Waals surface area contributed by atoms with E-state index in [4.69, 9.17) is 4.74 Å². The molecule has 1 aliphatic rings. The first kappa shape index (κ1) is 12.9. The fraction of sp³-hybridized carbons (Fsp3) is 0.235. The molecular formula is C17H15FO2. The molecule has 2 aromatic carbocycles. The van der Waals surface area contributed by atoms with Gasteiger partial charge in [-0.2, -0.15) is 0 Å². The molecule has 0 atom stereocenters. The number of rotatable bonds is 2. The fourth-order valence-corrected chi connectivity index (χ4v) is 2.50. The number of ketones is 1. The number of Topliss-reactive ketones (excluding diaryl/α,β-unsaturated/α-hetero) is 1. The van der Waals surface area contributed by atoms with E-state index in [1.807, 2.05) is 13.0 Å². The lowest BCUT2D eigenvalue weighted by Crippen LogP contribution is -2.10. The van der Waals surface area contributed by atoms with E-state index < -0.39 is 0 Å². The normalized spacial score (nSPS) is 14.0. The molecular weight excluding hydrogens is 255 g/mol. The second-order valence-electron chi connectivity index (χ2n) is 5.13. The Morgan fingerprint density at radius 3 is 2.75 bits per heavy atom. The lowest BCUT2D eigenvalue weighted by atomic mass is 9.90. The molecule has 2 nitrogen and oxygen atoms in total. The first-order valence-electron chi connectivity index (χ1n) is 6.73. The van der Waals surface area contributed by atoms with Gasteiger partial charge < -0.3 is 4.74 Å². The van der Waals surface area contributed by atoms with Crippen LogP contribution in [0.2, 0.25) is 0 Å². The number of halogens is 1. The molecule has 3 rings (SSSR count). The van der Waals surface area contributed by atoms with Crippen LogP contribution in [0.25, 0.3) is 0 Å². The van der Waals surface area contributed by atoms with Gasteiger partial charge in [-0.05, 0) is 61.2 Å². The molecule has 0 aromatic heterocycles. The van der Waals surface area contributed by atoms with Crippen LogP contribution in [-0.2, 0) is 6.42 Å². The third kappa shape index (κ3) is 2.44. The fourth-order valence-electron chi connectivity index (χ4n) is 2.50. The maximum absolute atomic E-state index is 13.8. The molecule has 0 radical (unpaired) electrons. The summed E-state index contributed by atoms with van der Waals surface area (Å²) < 4.78 is 19.3. The van der Waals surface area contributed by atoms with Crippen molar-refractivity contribution in [1.29, 1.82) is 0 Å². The van der Waals surface area contributed by atoms with Crippen molar-refractivity contribution in [3.63, 3.8) is 0 Å². The molecule has 0 aliphatic heterocycles. The minimum Gasteiger partial charge on any atom is -0.454 e. The number of carbonyl (C=O) groups is 1. The highest BCUT2D eigenvalue weighted by Gasteiger charge is 2.17. The first-order chi connectivity index (χ1) is 9.63. The van der Waals surface area contributed by atoms with Crippen LogP contribution in [-0.4, -0.2) is 5.78 Å². The van der Waals surface area contributed by atoms with Crippen LogP contribution in [0.15, 0.2) is 36.4 Å². The molecule has 0 N–H and O–H groups in total. The van der Waals surface area contributed by atoms with Gasteiger partial charge in [-0.3, -0.25) is 4.79 Å². The predicted octanol–water partition coefficient (Wildman–Crippen LogP) is 4.45. The van der Waals surface area contributed by atoms with E-state index in [9.17, 15) is 9.18 Å². The van der Waals surface area contributed by atoms with Crippen LogP contribution in [0.4, 0.5) is 4.39 Å². The maximum atomic E-state index is 13.8. The van der Waals surface area contributed by atoms with Gasteiger partial charge in [-0.25, -0.2) is 4.39 Å². The second-order valence-corrected chi connectivity index (χ2v) is 5.13. The monoisotopic (exact) mass is 270 g/mol. The van der Waals surface area contributed by atoms with Gasteiger partial charge in [0.2, 0.25) is 0 Å². The van der Waals surface area contributed by atoms with Crippen LogP contribution in [0, 0.1) is 12.7 Å². The summed E-state index contributed by atoms with van der Waals surface area (Å²) in [7, 11) is 0. The zero-order chi connectivity index (χ0) is 14.1. The van der Waals surface area contributed by atoms with Crippen molar-refractivity contribution in [3.05, 3.63) is 58.9 Å². The standard InChI is InChI=1S/C17H15FO2/c1-11-5-8-17(15(18)9-11)20-13-6-7-14-12(10-13)3-2-4-16(14)19/h5-10H,2-4H2,1H3. The summed E-state index contributed by atoms with van der Waals surface area (Å²) in [6, 6.07) is 10.2. The van der Waals surface area contributed by atoms with Crippen LogP contribution in [0.5, 0.6) is 11.5 Å². The molecule has 0 saturated heterocycles. The number of carbonyl (C=O) groups excluding carboxylic acids is 1. The first-order valence-corrected chi connectivity index (χ1v) is 6.73. The van der Waals surface area contributed by atoms with E-state index in [1.54, 1.807) is 24.3 Å². The van der Waals surface area contributed by atoms with Gasteiger partial charge in [0.15, 0.2) is 17.3 Å². The van der Waals surface area contributed by atoms with Gasteiger partial charge in [0.25, 0.3) is 0 Å². The largest absolute Gasteiger partial charge is 0.454 e. The Morgan fingerprint density at radius 2 is 1.95 bits per heavy atom. The predicted molar refractivity (Wildman–Crippen MR) is 74.9 cm³/mol. The van der Waals surface area contributed by atoms with Crippen molar-refractivity contribution < 1.29 is 13.9 Å². The summed E-state index contributed by atoms with van der Waals surface area (Å²) in [5.41, 5.74) is 2.62. The Morgan fingerprint density at radius 1 is 1.10 bits per heavy atom. The lowest BCUT2D eigenvalue weighted by molar-refractivity contribution is 0.0972. The van der Waals surface area contributed by atoms with E-state index in [0.29, 0.717) is 12.2 Å². The SMILES string of the molecule is Cc1ccc(Oc2ccc3c(c2)CCCC3=O)c(F)c1. The molecule has 0 heterocycles. The van der Waals surface area contributed by atoms with Crippen molar-refractivity contribution in [2.75, 3.05) is 0 Å². The highest BCUT2D eigenvalue weighted by Crippen LogP contribution is 2.29. The van der Waals surface area contributed by atoms with E-state index >= 15 is 0 Å². The number of ether oxygens (including phenoxy) is 1. The van der Waals surface area contributed by atoms with Gasteiger partial charge in [0, 0.05) is 12.0 Å². The third-order valence-electron chi connectivity index (χ3n) is 3.54. The van der Waals surface area contributed by atoms with Crippen molar-refractivity contribution in [2.45, 2.75) is 26.2 Å². The number of benzene rings is 2. The summed E-state index contributed by atoms with van der Waals surface area (Å²) in [6.45, 7) is 1.83. The second kappa shape index (κ2) is 5.08. The average molecular weight is 270 g/mol. The molecule has 0 amide bonds. The van der Waals surface area contributed by atoms with Crippen molar-refractivity contribution in [2.24, 2.45) is 0 Å². The average Bonchev–Trinajstić information content (AvgIpc) is 2.42. The van der Waals surface area contributed by atoms with Crippen LogP contribution >= 0.6 is 0 Å². The molecule has 102 valence electrons.